The van der Waals surface area contributed by atoms with Crippen LogP contribution >= 0.6 is 0 Å². The van der Waals surface area contributed by atoms with Crippen molar-refractivity contribution in [1.82, 2.24) is 15.0 Å². The van der Waals surface area contributed by atoms with Crippen molar-refractivity contribution in [3.63, 3.8) is 0 Å². The van der Waals surface area contributed by atoms with Gasteiger partial charge in [-0.15, -0.1) is 0 Å². The van der Waals surface area contributed by atoms with Crippen LogP contribution in [-0.4, -0.2) is 34.0 Å². The molecule has 0 aliphatic carbocycles. The maximum Gasteiger partial charge on any atom is 0.253 e. The number of amides is 1. The van der Waals surface area contributed by atoms with E-state index in [-0.39, 0.29) is 11.8 Å². The van der Waals surface area contributed by atoms with Gasteiger partial charge in [0.25, 0.3) is 5.91 Å². The van der Waals surface area contributed by atoms with E-state index in [1.54, 1.807) is 0 Å². The van der Waals surface area contributed by atoms with E-state index in [9.17, 15) is 4.79 Å². The van der Waals surface area contributed by atoms with E-state index in [2.05, 4.69) is 16.2 Å². The Kier molecular flexibility index (Phi) is 4.75. The van der Waals surface area contributed by atoms with Crippen molar-refractivity contribution in [2.75, 3.05) is 13.1 Å². The van der Waals surface area contributed by atoms with Gasteiger partial charge in [0, 0.05) is 30.1 Å². The molecule has 5 nitrogen and oxygen atoms in total. The summed E-state index contributed by atoms with van der Waals surface area (Å²) in [6.45, 7) is 5.49. The minimum absolute atomic E-state index is 0.0967. The van der Waals surface area contributed by atoms with Crippen LogP contribution in [0.2, 0.25) is 0 Å². The van der Waals surface area contributed by atoms with Crippen molar-refractivity contribution < 1.29 is 9.32 Å². The van der Waals surface area contributed by atoms with Crippen molar-refractivity contribution in [3.8, 4) is 11.4 Å². The molecule has 0 spiro atoms. The lowest BCUT2D eigenvalue weighted by atomic mass is 9.96. The second-order valence-electron chi connectivity index (χ2n) is 7.26. The SMILES string of the molecule is Cc1ccc(C(=O)N2CCC(c3nc(-c4cccc(C)c4)no3)CC2)cc1. The molecular formula is C22H23N3O2. The maximum absolute atomic E-state index is 12.6. The third-order valence-electron chi connectivity index (χ3n) is 5.15. The summed E-state index contributed by atoms with van der Waals surface area (Å²) in [5, 5.41) is 4.15. The predicted octanol–water partition coefficient (Wildman–Crippen LogP) is 4.37. The van der Waals surface area contributed by atoms with Gasteiger partial charge in [-0.1, -0.05) is 46.6 Å². The van der Waals surface area contributed by atoms with Gasteiger partial charge in [-0.25, -0.2) is 0 Å². The van der Waals surface area contributed by atoms with Gasteiger partial charge in [-0.05, 0) is 44.9 Å². The Morgan fingerprint density at radius 2 is 1.78 bits per heavy atom. The van der Waals surface area contributed by atoms with E-state index >= 15 is 0 Å². The van der Waals surface area contributed by atoms with Gasteiger partial charge in [-0.3, -0.25) is 4.79 Å². The standard InChI is InChI=1S/C22H23N3O2/c1-15-6-8-18(9-7-15)22(26)25-12-10-17(11-13-25)21-23-20(24-27-21)19-5-3-4-16(2)14-19/h3-9,14,17H,10-13H2,1-2H3. The lowest BCUT2D eigenvalue weighted by Crippen LogP contribution is -2.38. The van der Waals surface area contributed by atoms with Crippen LogP contribution in [0.25, 0.3) is 11.4 Å². The molecule has 0 radical (unpaired) electrons. The van der Waals surface area contributed by atoms with Gasteiger partial charge in [0.05, 0.1) is 0 Å². The first-order valence-electron chi connectivity index (χ1n) is 9.37. The van der Waals surface area contributed by atoms with Crippen molar-refractivity contribution >= 4 is 5.91 Å². The van der Waals surface area contributed by atoms with Crippen LogP contribution in [-0.2, 0) is 0 Å². The molecule has 0 saturated carbocycles. The van der Waals surface area contributed by atoms with Gasteiger partial charge in [0.15, 0.2) is 0 Å². The zero-order valence-corrected chi connectivity index (χ0v) is 15.7. The van der Waals surface area contributed by atoms with Gasteiger partial charge >= 0.3 is 0 Å². The van der Waals surface area contributed by atoms with Crippen molar-refractivity contribution in [1.29, 1.82) is 0 Å². The molecule has 0 unspecified atom stereocenters. The molecule has 1 saturated heterocycles. The first-order valence-corrected chi connectivity index (χ1v) is 9.37. The number of hydrogen-bond donors (Lipinski definition) is 0. The summed E-state index contributed by atoms with van der Waals surface area (Å²) < 4.78 is 5.53. The summed E-state index contributed by atoms with van der Waals surface area (Å²) in [5.41, 5.74) is 4.04. The summed E-state index contributed by atoms with van der Waals surface area (Å²) in [7, 11) is 0. The number of carbonyl (C=O) groups excluding carboxylic acids is 1. The molecule has 2 aromatic carbocycles. The number of aromatic nitrogens is 2. The van der Waals surface area contributed by atoms with Crippen molar-refractivity contribution in [3.05, 3.63) is 71.1 Å². The second kappa shape index (κ2) is 7.35. The lowest BCUT2D eigenvalue weighted by Gasteiger charge is -2.30. The minimum Gasteiger partial charge on any atom is -0.339 e. The fraction of sp³-hybridized carbons (Fsp3) is 0.318. The molecule has 5 heteroatoms. The van der Waals surface area contributed by atoms with Gasteiger partial charge in [-0.2, -0.15) is 4.98 Å². The Labute approximate surface area is 159 Å². The van der Waals surface area contributed by atoms with Crippen LogP contribution in [0, 0.1) is 13.8 Å². The van der Waals surface area contributed by atoms with Crippen LogP contribution in [0.1, 0.15) is 46.1 Å². The molecule has 0 bridgehead atoms. The quantitative estimate of drug-likeness (QED) is 0.695. The van der Waals surface area contributed by atoms with Gasteiger partial charge in [0.2, 0.25) is 11.7 Å². The molecule has 138 valence electrons. The molecule has 1 aliphatic rings. The number of benzene rings is 2. The fourth-order valence-corrected chi connectivity index (χ4v) is 3.51. The normalized spacial score (nSPS) is 15.1. The van der Waals surface area contributed by atoms with E-state index in [0.29, 0.717) is 24.8 Å². The Hall–Kier alpha value is -2.95. The Bertz CT molecular complexity index is 938. The zero-order valence-electron chi connectivity index (χ0n) is 15.7. The van der Waals surface area contributed by atoms with E-state index in [4.69, 9.17) is 4.52 Å². The summed E-state index contributed by atoms with van der Waals surface area (Å²) in [6, 6.07) is 15.8. The monoisotopic (exact) mass is 361 g/mol. The number of aryl methyl sites for hydroxylation is 2. The molecular weight excluding hydrogens is 338 g/mol. The molecule has 1 aromatic heterocycles. The van der Waals surface area contributed by atoms with Crippen LogP contribution in [0.5, 0.6) is 0 Å². The summed E-state index contributed by atoms with van der Waals surface area (Å²) in [5.74, 6) is 1.61. The number of nitrogens with zero attached hydrogens (tertiary/aromatic N) is 3. The molecule has 27 heavy (non-hydrogen) atoms. The lowest BCUT2D eigenvalue weighted by molar-refractivity contribution is 0.0704. The van der Waals surface area contributed by atoms with Crippen LogP contribution in [0.3, 0.4) is 0 Å². The van der Waals surface area contributed by atoms with E-state index in [1.807, 2.05) is 61.2 Å². The van der Waals surface area contributed by atoms with Crippen LogP contribution in [0.15, 0.2) is 53.1 Å². The van der Waals surface area contributed by atoms with Crippen LogP contribution in [0.4, 0.5) is 0 Å². The van der Waals surface area contributed by atoms with Crippen molar-refractivity contribution in [2.45, 2.75) is 32.6 Å². The smallest absolute Gasteiger partial charge is 0.253 e. The highest BCUT2D eigenvalue weighted by molar-refractivity contribution is 5.94. The zero-order chi connectivity index (χ0) is 18.8. The third-order valence-corrected chi connectivity index (χ3v) is 5.15. The average Bonchev–Trinajstić information content (AvgIpc) is 3.18. The topological polar surface area (TPSA) is 59.2 Å². The van der Waals surface area contributed by atoms with E-state index in [0.717, 1.165) is 29.5 Å². The second-order valence-corrected chi connectivity index (χ2v) is 7.26. The number of likely N-dealkylation sites (tertiary alicyclic amines) is 1. The fourth-order valence-electron chi connectivity index (χ4n) is 3.51. The summed E-state index contributed by atoms with van der Waals surface area (Å²) in [4.78, 5) is 19.2. The Morgan fingerprint density at radius 1 is 1.04 bits per heavy atom. The predicted molar refractivity (Wildman–Crippen MR) is 104 cm³/mol. The highest BCUT2D eigenvalue weighted by atomic mass is 16.5. The first-order chi connectivity index (χ1) is 13.1. The summed E-state index contributed by atoms with van der Waals surface area (Å²) in [6.07, 6.45) is 1.68. The van der Waals surface area contributed by atoms with Gasteiger partial charge in [0.1, 0.15) is 0 Å². The highest BCUT2D eigenvalue weighted by Gasteiger charge is 2.28. The molecule has 3 aromatic rings. The van der Waals surface area contributed by atoms with Crippen molar-refractivity contribution in [2.24, 2.45) is 0 Å². The number of piperidine rings is 1. The Balaban J connectivity index is 1.41. The molecule has 0 atom stereocenters. The number of hydrogen-bond acceptors (Lipinski definition) is 4. The van der Waals surface area contributed by atoms with E-state index < -0.39 is 0 Å². The summed E-state index contributed by atoms with van der Waals surface area (Å²) >= 11 is 0. The molecule has 2 heterocycles. The first kappa shape index (κ1) is 17.5. The molecule has 1 aliphatic heterocycles. The number of carbonyl (C=O) groups is 1. The van der Waals surface area contributed by atoms with Crippen LogP contribution < -0.4 is 0 Å². The molecule has 1 fully saturated rings. The largest absolute Gasteiger partial charge is 0.339 e. The Morgan fingerprint density at radius 3 is 2.48 bits per heavy atom. The molecule has 4 rings (SSSR count). The average molecular weight is 361 g/mol. The van der Waals surface area contributed by atoms with Gasteiger partial charge < -0.3 is 9.42 Å². The third kappa shape index (κ3) is 3.77. The number of rotatable bonds is 3. The molecule has 1 amide bonds. The maximum atomic E-state index is 12.6. The van der Waals surface area contributed by atoms with E-state index in [1.165, 1.54) is 5.56 Å². The highest BCUT2D eigenvalue weighted by Crippen LogP contribution is 2.29. The minimum atomic E-state index is 0.0967. The molecule has 0 N–H and O–H groups in total.